The van der Waals surface area contributed by atoms with Crippen LogP contribution in [0.25, 0.3) is 0 Å². The molecular weight excluding hydrogens is 304 g/mol. The summed E-state index contributed by atoms with van der Waals surface area (Å²) in [4.78, 5) is 24.9. The number of amides is 3. The highest BCUT2D eigenvalue weighted by atomic mass is 32.2. The number of urea groups is 1. The van der Waals surface area contributed by atoms with E-state index in [2.05, 4.69) is 0 Å². The highest BCUT2D eigenvalue weighted by molar-refractivity contribution is 7.90. The Kier molecular flexibility index (Phi) is 6.55. The van der Waals surface area contributed by atoms with Crippen molar-refractivity contribution in [3.8, 4) is 0 Å². The van der Waals surface area contributed by atoms with Crippen molar-refractivity contribution in [1.82, 2.24) is 9.62 Å². The van der Waals surface area contributed by atoms with E-state index in [0.29, 0.717) is 6.42 Å². The number of carbonyl (C=O) groups is 2. The number of aryl methyl sites for hydroxylation is 1. The number of imide groups is 1. The highest BCUT2D eigenvalue weighted by Gasteiger charge is 2.25. The minimum absolute atomic E-state index is 0.00848. The fourth-order valence-corrected chi connectivity index (χ4v) is 2.75. The summed E-state index contributed by atoms with van der Waals surface area (Å²) in [6.07, 6.45) is 1.57. The third kappa shape index (κ3) is 4.84. The molecule has 0 fully saturated rings. The second-order valence-electron chi connectivity index (χ2n) is 4.98. The van der Waals surface area contributed by atoms with Crippen molar-refractivity contribution >= 4 is 22.0 Å². The number of nitrogens with zero attached hydrogens (tertiary/aromatic N) is 1. The van der Waals surface area contributed by atoms with Gasteiger partial charge in [0.15, 0.2) is 0 Å². The van der Waals surface area contributed by atoms with Crippen molar-refractivity contribution < 1.29 is 18.0 Å². The molecule has 0 radical (unpaired) electrons. The van der Waals surface area contributed by atoms with E-state index >= 15 is 0 Å². The van der Waals surface area contributed by atoms with Gasteiger partial charge in [-0.2, -0.15) is 0 Å². The lowest BCUT2D eigenvalue weighted by molar-refractivity contribution is -0.127. The van der Waals surface area contributed by atoms with Gasteiger partial charge in [0.1, 0.15) is 0 Å². The normalized spacial score (nSPS) is 11.0. The Morgan fingerprint density at radius 1 is 1.14 bits per heavy atom. The van der Waals surface area contributed by atoms with Crippen LogP contribution in [0.3, 0.4) is 0 Å². The van der Waals surface area contributed by atoms with E-state index in [4.69, 9.17) is 0 Å². The van der Waals surface area contributed by atoms with Gasteiger partial charge >= 0.3 is 6.03 Å². The van der Waals surface area contributed by atoms with E-state index in [1.807, 2.05) is 18.6 Å². The molecule has 0 aliphatic heterocycles. The Hall–Kier alpha value is -1.89. The Balaban J connectivity index is 2.91. The van der Waals surface area contributed by atoms with Crippen LogP contribution >= 0.6 is 0 Å². The van der Waals surface area contributed by atoms with Crippen LogP contribution in [0.2, 0.25) is 0 Å². The SMILES string of the molecule is CCCCN(C(=O)CC)C(=O)NS(=O)(=O)c1ccc(C)cc1. The van der Waals surface area contributed by atoms with E-state index < -0.39 is 22.0 Å². The quantitative estimate of drug-likeness (QED) is 0.870. The third-order valence-corrected chi connectivity index (χ3v) is 4.47. The first kappa shape index (κ1) is 18.2. The molecule has 1 aromatic carbocycles. The van der Waals surface area contributed by atoms with Crippen LogP contribution in [-0.2, 0) is 14.8 Å². The number of nitrogens with one attached hydrogen (secondary N) is 1. The summed E-state index contributed by atoms with van der Waals surface area (Å²) >= 11 is 0. The largest absolute Gasteiger partial charge is 0.337 e. The van der Waals surface area contributed by atoms with Crippen LogP contribution in [0, 0.1) is 6.92 Å². The fourth-order valence-electron chi connectivity index (χ4n) is 1.79. The van der Waals surface area contributed by atoms with E-state index in [1.165, 1.54) is 12.1 Å². The van der Waals surface area contributed by atoms with E-state index in [0.717, 1.165) is 16.9 Å². The first-order valence-corrected chi connectivity index (χ1v) is 8.74. The Morgan fingerprint density at radius 3 is 2.23 bits per heavy atom. The van der Waals surface area contributed by atoms with Crippen LogP contribution in [0.15, 0.2) is 29.2 Å². The van der Waals surface area contributed by atoms with Gasteiger partial charge in [0.2, 0.25) is 5.91 Å². The Morgan fingerprint density at radius 2 is 1.73 bits per heavy atom. The van der Waals surface area contributed by atoms with Crippen LogP contribution in [0.1, 0.15) is 38.7 Å². The molecule has 0 saturated carbocycles. The minimum atomic E-state index is -3.98. The second-order valence-corrected chi connectivity index (χ2v) is 6.66. The maximum Gasteiger partial charge on any atom is 0.337 e. The molecule has 0 heterocycles. The van der Waals surface area contributed by atoms with Crippen molar-refractivity contribution in [1.29, 1.82) is 0 Å². The molecule has 6 nitrogen and oxygen atoms in total. The minimum Gasteiger partial charge on any atom is -0.274 e. The molecule has 1 rings (SSSR count). The van der Waals surface area contributed by atoms with Gasteiger partial charge in [-0.1, -0.05) is 38.0 Å². The average Bonchev–Trinajstić information content (AvgIpc) is 2.47. The molecule has 0 aromatic heterocycles. The average molecular weight is 326 g/mol. The molecule has 122 valence electrons. The van der Waals surface area contributed by atoms with Gasteiger partial charge in [0.25, 0.3) is 10.0 Å². The molecule has 0 atom stereocenters. The first-order valence-electron chi connectivity index (χ1n) is 7.25. The number of benzene rings is 1. The number of unbranched alkanes of at least 4 members (excludes halogenated alkanes) is 1. The van der Waals surface area contributed by atoms with Crippen molar-refractivity contribution in [2.24, 2.45) is 0 Å². The lowest BCUT2D eigenvalue weighted by Gasteiger charge is -2.20. The zero-order valence-electron chi connectivity index (χ0n) is 13.1. The first-order chi connectivity index (χ1) is 10.3. The summed E-state index contributed by atoms with van der Waals surface area (Å²) in [5.41, 5.74) is 0.913. The summed E-state index contributed by atoms with van der Waals surface area (Å²) in [7, 11) is -3.98. The van der Waals surface area contributed by atoms with E-state index in [1.54, 1.807) is 19.1 Å². The van der Waals surface area contributed by atoms with Crippen LogP contribution < -0.4 is 4.72 Å². The Labute approximate surface area is 131 Å². The van der Waals surface area contributed by atoms with Crippen molar-refractivity contribution in [3.63, 3.8) is 0 Å². The van der Waals surface area contributed by atoms with Crippen molar-refractivity contribution in [2.75, 3.05) is 6.54 Å². The molecule has 0 saturated heterocycles. The second kappa shape index (κ2) is 7.93. The lowest BCUT2D eigenvalue weighted by Crippen LogP contribution is -2.46. The molecule has 0 bridgehead atoms. The predicted molar refractivity (Wildman–Crippen MR) is 83.8 cm³/mol. The van der Waals surface area contributed by atoms with E-state index in [-0.39, 0.29) is 17.9 Å². The Bertz CT molecular complexity index is 623. The van der Waals surface area contributed by atoms with Gasteiger partial charge in [-0.05, 0) is 25.5 Å². The van der Waals surface area contributed by atoms with E-state index in [9.17, 15) is 18.0 Å². The molecule has 0 spiro atoms. The summed E-state index contributed by atoms with van der Waals surface area (Å²) < 4.78 is 26.3. The number of hydrogen-bond donors (Lipinski definition) is 1. The molecule has 1 aromatic rings. The van der Waals surface area contributed by atoms with Gasteiger partial charge in [0, 0.05) is 13.0 Å². The molecule has 1 N–H and O–H groups in total. The lowest BCUT2D eigenvalue weighted by atomic mass is 10.2. The standard InChI is InChI=1S/C15H22N2O4S/c1-4-6-11-17(14(18)5-2)15(19)16-22(20,21)13-9-7-12(3)8-10-13/h7-10H,4-6,11H2,1-3H3,(H,16,19). The van der Waals surface area contributed by atoms with Crippen molar-refractivity contribution in [2.45, 2.75) is 44.9 Å². The molecular formula is C15H22N2O4S. The summed E-state index contributed by atoms with van der Waals surface area (Å²) in [6.45, 7) is 5.60. The third-order valence-electron chi connectivity index (χ3n) is 3.14. The summed E-state index contributed by atoms with van der Waals surface area (Å²) in [5.74, 6) is -0.398. The number of hydrogen-bond acceptors (Lipinski definition) is 4. The van der Waals surface area contributed by atoms with Crippen LogP contribution in [0.5, 0.6) is 0 Å². The molecule has 0 aliphatic rings. The maximum absolute atomic E-state index is 12.2. The zero-order valence-corrected chi connectivity index (χ0v) is 13.9. The van der Waals surface area contributed by atoms with Crippen molar-refractivity contribution in [3.05, 3.63) is 29.8 Å². The van der Waals surface area contributed by atoms with Gasteiger partial charge < -0.3 is 0 Å². The topological polar surface area (TPSA) is 83.6 Å². The van der Waals surface area contributed by atoms with Gasteiger partial charge in [-0.25, -0.2) is 17.9 Å². The zero-order chi connectivity index (χ0) is 16.8. The summed E-state index contributed by atoms with van der Waals surface area (Å²) in [5, 5.41) is 0. The van der Waals surface area contributed by atoms with Gasteiger partial charge in [0.05, 0.1) is 4.90 Å². The summed E-state index contributed by atoms with van der Waals surface area (Å²) in [6, 6.07) is 5.23. The smallest absolute Gasteiger partial charge is 0.274 e. The molecule has 7 heteroatoms. The molecule has 0 unspecified atom stereocenters. The molecule has 3 amide bonds. The fraction of sp³-hybridized carbons (Fsp3) is 0.467. The van der Waals surface area contributed by atoms with Crippen LogP contribution in [-0.4, -0.2) is 31.8 Å². The van der Waals surface area contributed by atoms with Gasteiger partial charge in [-0.15, -0.1) is 0 Å². The molecule has 22 heavy (non-hydrogen) atoms. The number of sulfonamides is 1. The highest BCUT2D eigenvalue weighted by Crippen LogP contribution is 2.11. The number of rotatable bonds is 6. The monoisotopic (exact) mass is 326 g/mol. The van der Waals surface area contributed by atoms with Crippen LogP contribution in [0.4, 0.5) is 4.79 Å². The predicted octanol–water partition coefficient (Wildman–Crippen LogP) is 2.43. The maximum atomic E-state index is 12.2. The molecule has 0 aliphatic carbocycles. The van der Waals surface area contributed by atoms with Gasteiger partial charge in [-0.3, -0.25) is 9.69 Å². The number of carbonyl (C=O) groups excluding carboxylic acids is 2.